The van der Waals surface area contributed by atoms with E-state index < -0.39 is 0 Å². The highest BCUT2D eigenvalue weighted by Gasteiger charge is 2.24. The van der Waals surface area contributed by atoms with Crippen LogP contribution in [0, 0.1) is 6.92 Å². The molecule has 0 bridgehead atoms. The average molecular weight is 299 g/mol. The van der Waals surface area contributed by atoms with Gasteiger partial charge in [0.1, 0.15) is 5.82 Å². The Morgan fingerprint density at radius 1 is 1.27 bits per heavy atom. The first kappa shape index (κ1) is 14.6. The molecule has 0 saturated heterocycles. The molecule has 0 spiro atoms. The van der Waals surface area contributed by atoms with E-state index >= 15 is 0 Å². The number of nitrogens with one attached hydrogen (secondary N) is 2. The highest BCUT2D eigenvalue weighted by Crippen LogP contribution is 2.29. The third-order valence-electron chi connectivity index (χ3n) is 4.19. The first-order valence-electron chi connectivity index (χ1n) is 7.68. The normalized spacial score (nSPS) is 17.2. The van der Waals surface area contributed by atoms with Crippen LogP contribution in [-0.4, -0.2) is 9.55 Å². The lowest BCUT2D eigenvalue weighted by molar-refractivity contribution is 0.530. The molecule has 5 heteroatoms. The van der Waals surface area contributed by atoms with Crippen LogP contribution in [0.2, 0.25) is 0 Å². The van der Waals surface area contributed by atoms with E-state index in [0.717, 1.165) is 6.42 Å². The number of hydrogen-bond acceptors (Lipinski definition) is 3. The Morgan fingerprint density at radius 2 is 2.05 bits per heavy atom. The number of nitrogens with zero attached hydrogens (tertiary/aromatic N) is 1. The molecule has 1 aromatic heterocycles. The van der Waals surface area contributed by atoms with Gasteiger partial charge in [0.15, 0.2) is 0 Å². The predicted octanol–water partition coefficient (Wildman–Crippen LogP) is 2.53. The molecule has 0 saturated carbocycles. The van der Waals surface area contributed by atoms with E-state index in [1.165, 1.54) is 15.7 Å². The van der Waals surface area contributed by atoms with Gasteiger partial charge in [-0.05, 0) is 39.2 Å². The van der Waals surface area contributed by atoms with Crippen LogP contribution in [0.25, 0.3) is 0 Å². The van der Waals surface area contributed by atoms with Gasteiger partial charge in [0.05, 0.1) is 11.6 Å². The minimum absolute atomic E-state index is 0.123. The number of hydrogen-bond donors (Lipinski definition) is 2. The second kappa shape index (κ2) is 5.48. The maximum Gasteiger partial charge on any atom is 0.330 e. The van der Waals surface area contributed by atoms with Gasteiger partial charge in [-0.15, -0.1) is 0 Å². The van der Waals surface area contributed by atoms with E-state index in [1.807, 2.05) is 19.9 Å². The topological polar surface area (TPSA) is 66.9 Å². The lowest BCUT2D eigenvalue weighted by Gasteiger charge is -2.27. The van der Waals surface area contributed by atoms with E-state index in [-0.39, 0.29) is 23.3 Å². The smallest absolute Gasteiger partial charge is 0.330 e. The van der Waals surface area contributed by atoms with Gasteiger partial charge >= 0.3 is 5.69 Å². The molecule has 3 rings (SSSR count). The van der Waals surface area contributed by atoms with Crippen molar-refractivity contribution in [3.8, 4) is 0 Å². The fourth-order valence-electron chi connectivity index (χ4n) is 3.08. The fourth-order valence-corrected chi connectivity index (χ4v) is 3.08. The molecule has 0 fully saturated rings. The van der Waals surface area contributed by atoms with Gasteiger partial charge in [-0.2, -0.15) is 0 Å². The quantitative estimate of drug-likeness (QED) is 0.895. The molecule has 2 N–H and O–H groups in total. The van der Waals surface area contributed by atoms with E-state index in [9.17, 15) is 9.59 Å². The molecule has 2 heterocycles. The monoisotopic (exact) mass is 299 g/mol. The molecule has 1 aliphatic rings. The highest BCUT2D eigenvalue weighted by atomic mass is 16.2. The minimum atomic E-state index is -0.351. The van der Waals surface area contributed by atoms with Gasteiger partial charge in [0.2, 0.25) is 0 Å². The molecule has 2 aromatic rings. The molecule has 0 amide bonds. The largest absolute Gasteiger partial charge is 0.364 e. The molecular formula is C17H21N3O2. The third kappa shape index (κ3) is 2.47. The van der Waals surface area contributed by atoms with Crippen molar-refractivity contribution in [2.75, 3.05) is 5.32 Å². The number of rotatable bonds is 2. The van der Waals surface area contributed by atoms with Gasteiger partial charge in [-0.25, -0.2) is 4.79 Å². The second-order valence-electron chi connectivity index (χ2n) is 6.20. The van der Waals surface area contributed by atoms with Crippen molar-refractivity contribution in [1.82, 2.24) is 9.55 Å². The predicted molar refractivity (Wildman–Crippen MR) is 87.6 cm³/mol. The Labute approximate surface area is 129 Å². The molecule has 116 valence electrons. The van der Waals surface area contributed by atoms with Gasteiger partial charge in [-0.1, -0.05) is 29.8 Å². The van der Waals surface area contributed by atoms with Crippen LogP contribution in [0.15, 0.2) is 33.9 Å². The summed E-state index contributed by atoms with van der Waals surface area (Å²) in [6.45, 7) is 5.74. The van der Waals surface area contributed by atoms with E-state index in [2.05, 4.69) is 35.4 Å². The van der Waals surface area contributed by atoms with Crippen molar-refractivity contribution in [3.63, 3.8) is 0 Å². The summed E-state index contributed by atoms with van der Waals surface area (Å²) < 4.78 is 1.29. The molecule has 1 aromatic carbocycles. The third-order valence-corrected chi connectivity index (χ3v) is 4.19. The van der Waals surface area contributed by atoms with Crippen molar-refractivity contribution >= 4 is 5.82 Å². The molecule has 1 aliphatic heterocycles. The summed E-state index contributed by atoms with van der Waals surface area (Å²) >= 11 is 0. The van der Waals surface area contributed by atoms with E-state index in [4.69, 9.17) is 0 Å². The summed E-state index contributed by atoms with van der Waals surface area (Å²) in [6.07, 6.45) is 1.51. The van der Waals surface area contributed by atoms with E-state index in [1.54, 1.807) is 0 Å². The number of fused-ring (bicyclic) bond motifs is 1. The summed E-state index contributed by atoms with van der Waals surface area (Å²) in [5.41, 5.74) is 2.53. The lowest BCUT2D eigenvalue weighted by Crippen LogP contribution is -2.41. The van der Waals surface area contributed by atoms with Crippen LogP contribution in [0.4, 0.5) is 5.82 Å². The molecular weight excluding hydrogens is 278 g/mol. The van der Waals surface area contributed by atoms with Gasteiger partial charge in [-0.3, -0.25) is 14.3 Å². The molecule has 22 heavy (non-hydrogen) atoms. The SMILES string of the molecule is Cc1cccc([C@@H]2CCc3c([nH]c(=O)n(C(C)C)c3=O)N2)c1. The van der Waals surface area contributed by atoms with Crippen LogP contribution < -0.4 is 16.6 Å². The van der Waals surface area contributed by atoms with Crippen molar-refractivity contribution in [2.24, 2.45) is 0 Å². The number of anilines is 1. The molecule has 1 atom stereocenters. The molecule has 0 radical (unpaired) electrons. The number of benzene rings is 1. The zero-order valence-corrected chi connectivity index (χ0v) is 13.1. The Morgan fingerprint density at radius 3 is 2.73 bits per heavy atom. The zero-order valence-electron chi connectivity index (χ0n) is 13.1. The Hall–Kier alpha value is -2.30. The van der Waals surface area contributed by atoms with Crippen molar-refractivity contribution < 1.29 is 0 Å². The lowest BCUT2D eigenvalue weighted by atomic mass is 9.95. The van der Waals surface area contributed by atoms with Gasteiger partial charge in [0, 0.05) is 6.04 Å². The average Bonchev–Trinajstić information content (AvgIpc) is 2.46. The van der Waals surface area contributed by atoms with Crippen molar-refractivity contribution in [3.05, 3.63) is 61.8 Å². The second-order valence-corrected chi connectivity index (χ2v) is 6.20. The maximum absolute atomic E-state index is 12.5. The first-order chi connectivity index (χ1) is 10.5. The molecule has 5 nitrogen and oxygen atoms in total. The Balaban J connectivity index is 2.01. The summed E-state index contributed by atoms with van der Waals surface area (Å²) in [7, 11) is 0. The van der Waals surface area contributed by atoms with Gasteiger partial charge < -0.3 is 5.32 Å². The Kier molecular flexibility index (Phi) is 3.64. The summed E-state index contributed by atoms with van der Waals surface area (Å²) in [6, 6.07) is 8.28. The maximum atomic E-state index is 12.5. The minimum Gasteiger partial charge on any atom is -0.364 e. The van der Waals surface area contributed by atoms with E-state index in [0.29, 0.717) is 17.8 Å². The number of H-pyrrole nitrogens is 1. The summed E-state index contributed by atoms with van der Waals surface area (Å²) in [5, 5.41) is 3.32. The standard InChI is InChI=1S/C17H21N3O2/c1-10(2)20-16(21)13-7-8-14(18-15(13)19-17(20)22)12-6-4-5-11(3)9-12/h4-6,9-10,14,18H,7-8H2,1-3H3,(H,19,22)/t14-/m0/s1. The number of aromatic amines is 1. The first-order valence-corrected chi connectivity index (χ1v) is 7.68. The van der Waals surface area contributed by atoms with Crippen LogP contribution in [-0.2, 0) is 6.42 Å². The summed E-state index contributed by atoms with van der Waals surface area (Å²) in [4.78, 5) is 27.4. The fraction of sp³-hybridized carbons (Fsp3) is 0.412. The van der Waals surface area contributed by atoms with Crippen LogP contribution in [0.5, 0.6) is 0 Å². The number of aryl methyl sites for hydroxylation is 1. The van der Waals surface area contributed by atoms with Gasteiger partial charge in [0.25, 0.3) is 5.56 Å². The highest BCUT2D eigenvalue weighted by molar-refractivity contribution is 5.48. The molecule has 0 aliphatic carbocycles. The van der Waals surface area contributed by atoms with Crippen LogP contribution in [0.1, 0.15) is 49.0 Å². The summed E-state index contributed by atoms with van der Waals surface area (Å²) in [5.74, 6) is 0.574. The van der Waals surface area contributed by atoms with Crippen LogP contribution in [0.3, 0.4) is 0 Å². The number of aromatic nitrogens is 2. The zero-order chi connectivity index (χ0) is 15.9. The van der Waals surface area contributed by atoms with Crippen LogP contribution >= 0.6 is 0 Å². The Bertz CT molecular complexity index is 817. The van der Waals surface area contributed by atoms with Crippen molar-refractivity contribution in [2.45, 2.75) is 45.7 Å². The molecule has 0 unspecified atom stereocenters. The van der Waals surface area contributed by atoms with Crippen molar-refractivity contribution in [1.29, 1.82) is 0 Å².